The van der Waals surface area contributed by atoms with Crippen LogP contribution in [-0.4, -0.2) is 10.8 Å². The lowest BCUT2D eigenvalue weighted by molar-refractivity contribution is 0.0992. The minimum absolute atomic E-state index is 0.0990. The first-order chi connectivity index (χ1) is 9.83. The fraction of sp³-hybridized carbons (Fsp3) is 0.0588. The zero-order chi connectivity index (χ0) is 13.8. The van der Waals surface area contributed by atoms with E-state index in [1.54, 1.807) is 35.9 Å². The van der Waals surface area contributed by atoms with Crippen LogP contribution in [0.4, 0.5) is 0 Å². The highest BCUT2D eigenvalue weighted by atomic mass is 32.1. The molecule has 0 spiro atoms. The molecule has 1 aromatic carbocycles. The summed E-state index contributed by atoms with van der Waals surface area (Å²) in [4.78, 5) is 17.3. The molecule has 3 heteroatoms. The Morgan fingerprint density at radius 3 is 2.55 bits per heavy atom. The number of hydrogen-bond donors (Lipinski definition) is 0. The van der Waals surface area contributed by atoms with Crippen LogP contribution in [0.25, 0.3) is 10.4 Å². The molecule has 0 N–H and O–H groups in total. The van der Waals surface area contributed by atoms with E-state index in [1.165, 1.54) is 10.4 Å². The first kappa shape index (κ1) is 12.8. The SMILES string of the molecule is O=C(Cc1ccc(-c2cccs2)cc1)c1cccnc1. The van der Waals surface area contributed by atoms with Crippen molar-refractivity contribution in [3.8, 4) is 10.4 Å². The highest BCUT2D eigenvalue weighted by Crippen LogP contribution is 2.24. The van der Waals surface area contributed by atoms with Gasteiger partial charge in [0.1, 0.15) is 0 Å². The Morgan fingerprint density at radius 1 is 1.05 bits per heavy atom. The minimum atomic E-state index is 0.0990. The van der Waals surface area contributed by atoms with E-state index in [0.29, 0.717) is 12.0 Å². The Hall–Kier alpha value is -2.26. The van der Waals surface area contributed by atoms with Gasteiger partial charge in [-0.15, -0.1) is 11.3 Å². The summed E-state index contributed by atoms with van der Waals surface area (Å²) in [6, 6.07) is 15.9. The number of thiophene rings is 1. The van der Waals surface area contributed by atoms with Gasteiger partial charge in [-0.3, -0.25) is 9.78 Å². The van der Waals surface area contributed by atoms with E-state index in [0.717, 1.165) is 5.56 Å². The Bertz CT molecular complexity index is 688. The first-order valence-corrected chi connectivity index (χ1v) is 7.27. The van der Waals surface area contributed by atoms with E-state index >= 15 is 0 Å². The maximum absolute atomic E-state index is 12.1. The Labute approximate surface area is 121 Å². The van der Waals surface area contributed by atoms with Crippen LogP contribution in [0, 0.1) is 0 Å². The molecule has 0 aliphatic carbocycles. The lowest BCUT2D eigenvalue weighted by atomic mass is 10.0. The van der Waals surface area contributed by atoms with Gasteiger partial charge < -0.3 is 0 Å². The molecule has 0 unspecified atom stereocenters. The lowest BCUT2D eigenvalue weighted by Crippen LogP contribution is -2.03. The number of carbonyl (C=O) groups excluding carboxylic acids is 1. The van der Waals surface area contributed by atoms with E-state index in [1.807, 2.05) is 18.2 Å². The molecule has 0 aliphatic rings. The molecule has 0 radical (unpaired) electrons. The van der Waals surface area contributed by atoms with E-state index < -0.39 is 0 Å². The smallest absolute Gasteiger partial charge is 0.168 e. The van der Waals surface area contributed by atoms with E-state index in [9.17, 15) is 4.79 Å². The Morgan fingerprint density at radius 2 is 1.90 bits per heavy atom. The second-order valence-corrected chi connectivity index (χ2v) is 5.46. The molecule has 0 saturated heterocycles. The number of carbonyl (C=O) groups is 1. The molecule has 0 amide bonds. The van der Waals surface area contributed by atoms with Gasteiger partial charge in [0, 0.05) is 29.3 Å². The Kier molecular flexibility index (Phi) is 3.70. The third kappa shape index (κ3) is 2.83. The topological polar surface area (TPSA) is 30.0 Å². The number of ketones is 1. The van der Waals surface area contributed by atoms with Crippen molar-refractivity contribution >= 4 is 17.1 Å². The van der Waals surface area contributed by atoms with Gasteiger partial charge in [-0.1, -0.05) is 30.3 Å². The maximum Gasteiger partial charge on any atom is 0.168 e. The summed E-state index contributed by atoms with van der Waals surface area (Å²) in [5, 5.41) is 2.06. The van der Waals surface area contributed by atoms with E-state index in [-0.39, 0.29) is 5.78 Å². The summed E-state index contributed by atoms with van der Waals surface area (Å²) in [5.74, 6) is 0.0990. The average Bonchev–Trinajstić information content (AvgIpc) is 3.03. The van der Waals surface area contributed by atoms with Crippen LogP contribution in [0.1, 0.15) is 15.9 Å². The maximum atomic E-state index is 12.1. The summed E-state index contributed by atoms with van der Waals surface area (Å²) in [6.07, 6.45) is 3.70. The fourth-order valence-electron chi connectivity index (χ4n) is 2.04. The van der Waals surface area contributed by atoms with Crippen molar-refractivity contribution in [1.82, 2.24) is 4.98 Å². The normalized spacial score (nSPS) is 10.4. The molecule has 0 fully saturated rings. The van der Waals surface area contributed by atoms with Crippen molar-refractivity contribution in [2.45, 2.75) is 6.42 Å². The van der Waals surface area contributed by atoms with Gasteiger partial charge in [-0.2, -0.15) is 0 Å². The summed E-state index contributed by atoms with van der Waals surface area (Å²) >= 11 is 1.72. The molecule has 2 nitrogen and oxygen atoms in total. The standard InChI is InChI=1S/C17H13NOS/c19-16(15-3-1-9-18-12-15)11-13-5-7-14(8-6-13)17-4-2-10-20-17/h1-10,12H,11H2. The second-order valence-electron chi connectivity index (χ2n) is 4.52. The minimum Gasteiger partial charge on any atom is -0.294 e. The van der Waals surface area contributed by atoms with Crippen molar-refractivity contribution < 1.29 is 4.79 Å². The average molecular weight is 279 g/mol. The van der Waals surface area contributed by atoms with Gasteiger partial charge in [0.25, 0.3) is 0 Å². The van der Waals surface area contributed by atoms with Crippen molar-refractivity contribution in [3.05, 3.63) is 77.4 Å². The van der Waals surface area contributed by atoms with Gasteiger partial charge in [0.05, 0.1) is 0 Å². The third-order valence-corrected chi connectivity index (χ3v) is 4.03. The van der Waals surface area contributed by atoms with Gasteiger partial charge in [-0.05, 0) is 34.7 Å². The summed E-state index contributed by atoms with van der Waals surface area (Å²) in [5.41, 5.74) is 2.88. The summed E-state index contributed by atoms with van der Waals surface area (Å²) < 4.78 is 0. The molecule has 0 bridgehead atoms. The Balaban J connectivity index is 1.74. The van der Waals surface area contributed by atoms with Crippen LogP contribution in [0.2, 0.25) is 0 Å². The first-order valence-electron chi connectivity index (χ1n) is 6.39. The van der Waals surface area contributed by atoms with Crippen molar-refractivity contribution in [2.75, 3.05) is 0 Å². The van der Waals surface area contributed by atoms with Crippen molar-refractivity contribution in [2.24, 2.45) is 0 Å². The number of pyridine rings is 1. The van der Waals surface area contributed by atoms with E-state index in [4.69, 9.17) is 0 Å². The molecule has 2 aromatic heterocycles. The van der Waals surface area contributed by atoms with Crippen LogP contribution in [0.5, 0.6) is 0 Å². The molecule has 3 aromatic rings. The zero-order valence-electron chi connectivity index (χ0n) is 10.8. The highest BCUT2D eigenvalue weighted by molar-refractivity contribution is 7.13. The predicted molar refractivity (Wildman–Crippen MR) is 82.0 cm³/mol. The molecule has 0 saturated carbocycles. The van der Waals surface area contributed by atoms with Crippen LogP contribution in [0.15, 0.2) is 66.3 Å². The second kappa shape index (κ2) is 5.80. The number of nitrogens with zero attached hydrogens (tertiary/aromatic N) is 1. The summed E-state index contributed by atoms with van der Waals surface area (Å²) in [6.45, 7) is 0. The molecule has 0 atom stereocenters. The molecule has 20 heavy (non-hydrogen) atoms. The molecule has 3 rings (SSSR count). The quantitative estimate of drug-likeness (QED) is 0.669. The number of benzene rings is 1. The monoisotopic (exact) mass is 279 g/mol. The van der Waals surface area contributed by atoms with Crippen LogP contribution < -0.4 is 0 Å². The zero-order valence-corrected chi connectivity index (χ0v) is 11.6. The van der Waals surface area contributed by atoms with Crippen LogP contribution in [0.3, 0.4) is 0 Å². The van der Waals surface area contributed by atoms with Crippen molar-refractivity contribution in [3.63, 3.8) is 0 Å². The van der Waals surface area contributed by atoms with Gasteiger partial charge in [0.2, 0.25) is 0 Å². The van der Waals surface area contributed by atoms with Gasteiger partial charge in [-0.25, -0.2) is 0 Å². The number of hydrogen-bond acceptors (Lipinski definition) is 3. The molecular weight excluding hydrogens is 266 g/mol. The highest BCUT2D eigenvalue weighted by Gasteiger charge is 2.07. The number of Topliss-reactive ketones (excluding diaryl/α,β-unsaturated/α-hetero) is 1. The molecular formula is C17H13NOS. The van der Waals surface area contributed by atoms with Crippen LogP contribution >= 0.6 is 11.3 Å². The predicted octanol–water partition coefficient (Wildman–Crippen LogP) is 4.24. The molecule has 98 valence electrons. The van der Waals surface area contributed by atoms with Crippen molar-refractivity contribution in [1.29, 1.82) is 0 Å². The van der Waals surface area contributed by atoms with Gasteiger partial charge in [0.15, 0.2) is 5.78 Å². The molecule has 0 aliphatic heterocycles. The number of aromatic nitrogens is 1. The van der Waals surface area contributed by atoms with Gasteiger partial charge >= 0.3 is 0 Å². The third-order valence-electron chi connectivity index (χ3n) is 3.11. The summed E-state index contributed by atoms with van der Waals surface area (Å²) in [7, 11) is 0. The number of rotatable bonds is 4. The van der Waals surface area contributed by atoms with Crippen LogP contribution in [-0.2, 0) is 6.42 Å². The fourth-order valence-corrected chi connectivity index (χ4v) is 2.78. The lowest BCUT2D eigenvalue weighted by Gasteiger charge is -2.03. The largest absolute Gasteiger partial charge is 0.294 e. The van der Waals surface area contributed by atoms with E-state index in [2.05, 4.69) is 28.6 Å². The molecule has 2 heterocycles.